The zero-order valence-electron chi connectivity index (χ0n) is 14.7. The van der Waals surface area contributed by atoms with Crippen molar-refractivity contribution in [1.82, 2.24) is 9.47 Å². The number of hydrogen-bond donors (Lipinski definition) is 0. The van der Waals surface area contributed by atoms with Gasteiger partial charge in [0.2, 0.25) is 5.91 Å². The molecule has 2 aromatic rings. The molecular formula is C20H28N2O. The molecule has 0 atom stereocenters. The van der Waals surface area contributed by atoms with Crippen molar-refractivity contribution in [3.63, 3.8) is 0 Å². The molecule has 0 unspecified atom stereocenters. The quantitative estimate of drug-likeness (QED) is 0.744. The largest absolute Gasteiger partial charge is 0.345 e. The van der Waals surface area contributed by atoms with E-state index < -0.39 is 0 Å². The van der Waals surface area contributed by atoms with Crippen molar-refractivity contribution in [2.75, 3.05) is 0 Å². The second kappa shape index (κ2) is 8.00. The Labute approximate surface area is 139 Å². The van der Waals surface area contributed by atoms with E-state index in [-0.39, 0.29) is 11.9 Å². The minimum Gasteiger partial charge on any atom is -0.345 e. The molecule has 1 aromatic heterocycles. The Morgan fingerprint density at radius 1 is 1.17 bits per heavy atom. The smallest absolute Gasteiger partial charge is 0.223 e. The van der Waals surface area contributed by atoms with Crippen LogP contribution in [0, 0.1) is 6.92 Å². The van der Waals surface area contributed by atoms with E-state index in [1.807, 2.05) is 4.90 Å². The van der Waals surface area contributed by atoms with Gasteiger partial charge in [-0.15, -0.1) is 0 Å². The number of rotatable bonds is 7. The molecule has 23 heavy (non-hydrogen) atoms. The molecule has 3 nitrogen and oxygen atoms in total. The highest BCUT2D eigenvalue weighted by molar-refractivity contribution is 5.76. The number of hydrogen-bond acceptors (Lipinski definition) is 1. The van der Waals surface area contributed by atoms with E-state index in [0.717, 1.165) is 13.0 Å². The highest BCUT2D eigenvalue weighted by Crippen LogP contribution is 2.14. The number of aryl methyl sites for hydroxylation is 1. The van der Waals surface area contributed by atoms with E-state index in [0.29, 0.717) is 13.0 Å². The summed E-state index contributed by atoms with van der Waals surface area (Å²) in [5, 5.41) is 0. The molecule has 2 rings (SSSR count). The first-order valence-corrected chi connectivity index (χ1v) is 8.50. The summed E-state index contributed by atoms with van der Waals surface area (Å²) >= 11 is 0. The van der Waals surface area contributed by atoms with E-state index in [9.17, 15) is 4.79 Å². The summed E-state index contributed by atoms with van der Waals surface area (Å²) < 4.78 is 2.24. The summed E-state index contributed by atoms with van der Waals surface area (Å²) in [5.41, 5.74) is 3.74. The molecule has 0 saturated carbocycles. The average molecular weight is 312 g/mol. The number of carbonyl (C=O) groups is 1. The predicted molar refractivity (Wildman–Crippen MR) is 95.3 cm³/mol. The molecule has 0 radical (unpaired) electrons. The van der Waals surface area contributed by atoms with Crippen LogP contribution in [0.5, 0.6) is 0 Å². The first-order chi connectivity index (χ1) is 11.0. The van der Waals surface area contributed by atoms with Gasteiger partial charge in [-0.2, -0.15) is 0 Å². The van der Waals surface area contributed by atoms with Crippen LogP contribution in [-0.4, -0.2) is 21.4 Å². The van der Waals surface area contributed by atoms with E-state index in [2.05, 4.69) is 74.9 Å². The highest BCUT2D eigenvalue weighted by atomic mass is 16.2. The lowest BCUT2D eigenvalue weighted by molar-refractivity contribution is -0.133. The maximum absolute atomic E-state index is 12.3. The topological polar surface area (TPSA) is 25.2 Å². The van der Waals surface area contributed by atoms with Gasteiger partial charge in [-0.05, 0) is 44.9 Å². The molecule has 3 heteroatoms. The van der Waals surface area contributed by atoms with Gasteiger partial charge in [0.15, 0.2) is 0 Å². The van der Waals surface area contributed by atoms with Crippen LogP contribution in [0.1, 0.15) is 50.4 Å². The first-order valence-electron chi connectivity index (χ1n) is 8.50. The summed E-state index contributed by atoms with van der Waals surface area (Å²) in [7, 11) is 0. The van der Waals surface area contributed by atoms with Gasteiger partial charge in [0.05, 0.1) is 6.54 Å². The average Bonchev–Trinajstić information content (AvgIpc) is 2.94. The third-order valence-electron chi connectivity index (χ3n) is 4.14. The Hall–Kier alpha value is -2.03. The third kappa shape index (κ3) is 4.72. The van der Waals surface area contributed by atoms with E-state index in [1.165, 1.54) is 16.8 Å². The minimum absolute atomic E-state index is 0.219. The lowest BCUT2D eigenvalue weighted by Crippen LogP contribution is -2.36. The molecule has 0 spiro atoms. The summed E-state index contributed by atoms with van der Waals surface area (Å²) in [4.78, 5) is 14.3. The van der Waals surface area contributed by atoms with Crippen molar-refractivity contribution in [2.45, 2.75) is 59.7 Å². The fourth-order valence-electron chi connectivity index (χ4n) is 2.73. The molecule has 124 valence electrons. The molecule has 1 amide bonds. The van der Waals surface area contributed by atoms with Gasteiger partial charge < -0.3 is 9.47 Å². The second-order valence-corrected chi connectivity index (χ2v) is 6.48. The van der Waals surface area contributed by atoms with E-state index in [1.54, 1.807) is 0 Å². The van der Waals surface area contributed by atoms with Gasteiger partial charge in [-0.25, -0.2) is 0 Å². The lowest BCUT2D eigenvalue weighted by atomic mass is 10.1. The van der Waals surface area contributed by atoms with Gasteiger partial charge in [0.25, 0.3) is 0 Å². The molecule has 0 bridgehead atoms. The van der Waals surface area contributed by atoms with Gasteiger partial charge >= 0.3 is 0 Å². The maximum Gasteiger partial charge on any atom is 0.223 e. The van der Waals surface area contributed by atoms with Crippen molar-refractivity contribution in [1.29, 1.82) is 0 Å². The van der Waals surface area contributed by atoms with Crippen LogP contribution in [0.4, 0.5) is 0 Å². The number of aromatic nitrogens is 1. The van der Waals surface area contributed by atoms with Crippen molar-refractivity contribution >= 4 is 5.91 Å². The van der Waals surface area contributed by atoms with Crippen LogP contribution >= 0.6 is 0 Å². The molecule has 0 aliphatic rings. The molecule has 0 fully saturated rings. The van der Waals surface area contributed by atoms with Gasteiger partial charge in [0.1, 0.15) is 0 Å². The molecule has 0 aliphatic heterocycles. The monoisotopic (exact) mass is 312 g/mol. The SMILES string of the molecule is CCCC(=O)N(Cc1cccn1Cc1ccc(C)cc1)C(C)C. The Morgan fingerprint density at radius 3 is 2.48 bits per heavy atom. The van der Waals surface area contributed by atoms with Gasteiger partial charge in [0, 0.05) is 30.9 Å². The van der Waals surface area contributed by atoms with Crippen molar-refractivity contribution in [2.24, 2.45) is 0 Å². The fourth-order valence-corrected chi connectivity index (χ4v) is 2.73. The van der Waals surface area contributed by atoms with E-state index >= 15 is 0 Å². The Morgan fingerprint density at radius 2 is 1.87 bits per heavy atom. The summed E-state index contributed by atoms with van der Waals surface area (Å²) in [6.45, 7) is 9.84. The molecule has 0 saturated heterocycles. The lowest BCUT2D eigenvalue weighted by Gasteiger charge is -2.27. The van der Waals surface area contributed by atoms with E-state index in [4.69, 9.17) is 0 Å². The minimum atomic E-state index is 0.219. The maximum atomic E-state index is 12.3. The van der Waals surface area contributed by atoms with Gasteiger partial charge in [-0.3, -0.25) is 4.79 Å². The number of carbonyl (C=O) groups excluding carboxylic acids is 1. The van der Waals surface area contributed by atoms with Crippen LogP contribution in [-0.2, 0) is 17.9 Å². The molecule has 0 aliphatic carbocycles. The standard InChI is InChI=1S/C20H28N2O/c1-5-7-20(23)22(16(2)3)15-19-8-6-13-21(19)14-18-11-9-17(4)10-12-18/h6,8-13,16H,5,7,14-15H2,1-4H3. The fraction of sp³-hybridized carbons (Fsp3) is 0.450. The van der Waals surface area contributed by atoms with Gasteiger partial charge in [-0.1, -0.05) is 36.8 Å². The zero-order chi connectivity index (χ0) is 16.8. The van der Waals surface area contributed by atoms with Crippen molar-refractivity contribution < 1.29 is 4.79 Å². The number of amides is 1. The van der Waals surface area contributed by atoms with Crippen LogP contribution in [0.25, 0.3) is 0 Å². The first kappa shape index (κ1) is 17.3. The van der Waals surface area contributed by atoms with Crippen LogP contribution in [0.2, 0.25) is 0 Å². The number of nitrogens with zero attached hydrogens (tertiary/aromatic N) is 2. The Kier molecular flexibility index (Phi) is 6.03. The normalized spacial score (nSPS) is 11.0. The van der Waals surface area contributed by atoms with Crippen LogP contribution in [0.3, 0.4) is 0 Å². The van der Waals surface area contributed by atoms with Crippen molar-refractivity contribution in [3.8, 4) is 0 Å². The zero-order valence-corrected chi connectivity index (χ0v) is 14.7. The molecule has 1 heterocycles. The highest BCUT2D eigenvalue weighted by Gasteiger charge is 2.17. The second-order valence-electron chi connectivity index (χ2n) is 6.48. The third-order valence-corrected chi connectivity index (χ3v) is 4.14. The molecule has 1 aromatic carbocycles. The predicted octanol–water partition coefficient (Wildman–Crippen LogP) is 4.38. The molecule has 0 N–H and O–H groups in total. The van der Waals surface area contributed by atoms with Crippen LogP contribution < -0.4 is 0 Å². The van der Waals surface area contributed by atoms with Crippen molar-refractivity contribution in [3.05, 3.63) is 59.4 Å². The summed E-state index contributed by atoms with van der Waals surface area (Å²) in [5.74, 6) is 0.241. The molecular weight excluding hydrogens is 284 g/mol. The summed E-state index contributed by atoms with van der Waals surface area (Å²) in [6.07, 6.45) is 3.61. The number of benzene rings is 1. The Bertz CT molecular complexity index is 625. The van der Waals surface area contributed by atoms with Crippen LogP contribution in [0.15, 0.2) is 42.6 Å². The Balaban J connectivity index is 2.13. The summed E-state index contributed by atoms with van der Waals surface area (Å²) in [6, 6.07) is 13.0.